The van der Waals surface area contributed by atoms with Crippen molar-refractivity contribution in [3.8, 4) is 0 Å². The van der Waals surface area contributed by atoms with Gasteiger partial charge in [-0.05, 0) is 25.1 Å². The Bertz CT molecular complexity index is 788. The molecule has 1 heterocycles. The molecule has 7 nitrogen and oxygen atoms in total. The second-order valence-corrected chi connectivity index (χ2v) is 6.90. The summed E-state index contributed by atoms with van der Waals surface area (Å²) < 4.78 is 36.2. The van der Waals surface area contributed by atoms with Gasteiger partial charge in [-0.15, -0.1) is 0 Å². The van der Waals surface area contributed by atoms with Crippen LogP contribution in [0, 0.1) is 6.92 Å². The summed E-state index contributed by atoms with van der Waals surface area (Å²) in [7, 11) is -3.71. The highest BCUT2D eigenvalue weighted by Gasteiger charge is 2.15. The lowest BCUT2D eigenvalue weighted by Gasteiger charge is -2.07. The monoisotopic (exact) mass is 358 g/mol. The third-order valence-corrected chi connectivity index (χ3v) is 4.47. The van der Waals surface area contributed by atoms with Gasteiger partial charge in [0.05, 0.1) is 17.0 Å². The molecule has 9 heteroatoms. The number of hydrogen-bond acceptors (Lipinski definition) is 6. The van der Waals surface area contributed by atoms with E-state index in [-0.39, 0.29) is 24.5 Å². The Labute approximate surface area is 138 Å². The summed E-state index contributed by atoms with van der Waals surface area (Å²) in [5.74, 6) is -0.122. The van der Waals surface area contributed by atoms with Crippen molar-refractivity contribution in [1.82, 2.24) is 9.88 Å². The number of sulfonamides is 1. The smallest absolute Gasteiger partial charge is 0.307 e. The Kier molecular flexibility index (Phi) is 5.75. The van der Waals surface area contributed by atoms with Crippen LogP contribution in [0.3, 0.4) is 0 Å². The molecule has 0 saturated heterocycles. The quantitative estimate of drug-likeness (QED) is 0.760. The Morgan fingerprint density at radius 2 is 2.17 bits per heavy atom. The molecule has 0 amide bonds. The number of ether oxygens (including phenoxy) is 1. The van der Waals surface area contributed by atoms with Gasteiger partial charge in [0.25, 0.3) is 0 Å². The van der Waals surface area contributed by atoms with E-state index in [4.69, 9.17) is 20.9 Å². The van der Waals surface area contributed by atoms with Gasteiger partial charge in [0, 0.05) is 17.6 Å². The van der Waals surface area contributed by atoms with Gasteiger partial charge in [0.2, 0.25) is 10.0 Å². The largest absolute Gasteiger partial charge is 0.457 e. The second kappa shape index (κ2) is 7.58. The van der Waals surface area contributed by atoms with E-state index in [0.717, 1.165) is 0 Å². The number of esters is 1. The van der Waals surface area contributed by atoms with E-state index in [1.807, 2.05) is 0 Å². The topological polar surface area (TPSA) is 98.5 Å². The summed E-state index contributed by atoms with van der Waals surface area (Å²) in [6.07, 6.45) is -0.104. The van der Waals surface area contributed by atoms with E-state index in [2.05, 4.69) is 9.88 Å². The van der Waals surface area contributed by atoms with Crippen LogP contribution in [0.25, 0.3) is 0 Å². The Morgan fingerprint density at radius 3 is 2.83 bits per heavy atom. The van der Waals surface area contributed by atoms with E-state index in [1.165, 1.54) is 18.2 Å². The molecule has 0 unspecified atom stereocenters. The zero-order valence-electron chi connectivity index (χ0n) is 12.3. The van der Waals surface area contributed by atoms with Gasteiger partial charge >= 0.3 is 5.97 Å². The molecule has 1 N–H and O–H groups in total. The molecule has 0 radical (unpaired) electrons. The summed E-state index contributed by atoms with van der Waals surface area (Å²) in [4.78, 5) is 11.6. The number of aryl methyl sites for hydroxylation is 1. The highest BCUT2D eigenvalue weighted by Crippen LogP contribution is 2.15. The molecule has 2 rings (SSSR count). The van der Waals surface area contributed by atoms with Crippen molar-refractivity contribution >= 4 is 27.6 Å². The number of nitrogens with one attached hydrogen (secondary N) is 1. The zero-order chi connectivity index (χ0) is 16.9. The Balaban J connectivity index is 1.78. The molecule has 0 atom stereocenters. The maximum atomic E-state index is 12.0. The molecular formula is C14H15ClN2O5S. The third-order valence-electron chi connectivity index (χ3n) is 2.78. The van der Waals surface area contributed by atoms with Crippen molar-refractivity contribution in [3.05, 3.63) is 46.8 Å². The van der Waals surface area contributed by atoms with Crippen LogP contribution < -0.4 is 4.72 Å². The van der Waals surface area contributed by atoms with Crippen molar-refractivity contribution in [2.24, 2.45) is 0 Å². The van der Waals surface area contributed by atoms with Crippen LogP contribution in [0.1, 0.15) is 17.9 Å². The molecular weight excluding hydrogens is 344 g/mol. The fourth-order valence-electron chi connectivity index (χ4n) is 1.71. The SMILES string of the molecule is Cc1cc(COC(=O)CCNS(=O)(=O)c2cccc(Cl)c2)on1. The predicted molar refractivity (Wildman–Crippen MR) is 82.3 cm³/mol. The molecule has 0 aliphatic rings. The number of rotatable bonds is 7. The van der Waals surface area contributed by atoms with Crippen molar-refractivity contribution in [2.45, 2.75) is 24.8 Å². The molecule has 0 aliphatic heterocycles. The Morgan fingerprint density at radius 1 is 1.39 bits per heavy atom. The van der Waals surface area contributed by atoms with Crippen LogP contribution in [0.2, 0.25) is 5.02 Å². The zero-order valence-corrected chi connectivity index (χ0v) is 13.9. The first-order valence-corrected chi connectivity index (χ1v) is 8.56. The maximum Gasteiger partial charge on any atom is 0.307 e. The summed E-state index contributed by atoms with van der Waals surface area (Å²) in [6, 6.07) is 7.50. The number of benzene rings is 1. The lowest BCUT2D eigenvalue weighted by atomic mass is 10.4. The highest BCUT2D eigenvalue weighted by molar-refractivity contribution is 7.89. The minimum Gasteiger partial charge on any atom is -0.457 e. The van der Waals surface area contributed by atoms with E-state index in [1.54, 1.807) is 19.1 Å². The molecule has 23 heavy (non-hydrogen) atoms. The highest BCUT2D eigenvalue weighted by atomic mass is 35.5. The number of halogens is 1. The maximum absolute atomic E-state index is 12.0. The standard InChI is InChI=1S/C14H15ClN2O5S/c1-10-7-12(22-17-10)9-21-14(18)5-6-16-23(19,20)13-4-2-3-11(15)8-13/h2-4,7-8,16H,5-6,9H2,1H3. The number of hydrogen-bond donors (Lipinski definition) is 1. The first-order valence-electron chi connectivity index (χ1n) is 6.70. The third kappa shape index (κ3) is 5.34. The lowest BCUT2D eigenvalue weighted by molar-refractivity contribution is -0.145. The van der Waals surface area contributed by atoms with Crippen molar-refractivity contribution in [2.75, 3.05) is 6.54 Å². The van der Waals surface area contributed by atoms with Crippen molar-refractivity contribution < 1.29 is 22.5 Å². The first kappa shape index (κ1) is 17.5. The van der Waals surface area contributed by atoms with E-state index in [9.17, 15) is 13.2 Å². The van der Waals surface area contributed by atoms with Gasteiger partial charge in [-0.3, -0.25) is 4.79 Å². The molecule has 124 valence electrons. The summed E-state index contributed by atoms with van der Waals surface area (Å²) in [5.41, 5.74) is 0.685. The van der Waals surface area contributed by atoms with Crippen LogP contribution in [-0.2, 0) is 26.2 Å². The normalized spacial score (nSPS) is 11.4. The molecule has 0 saturated carbocycles. The number of aromatic nitrogens is 1. The van der Waals surface area contributed by atoms with Gasteiger partial charge in [0.1, 0.15) is 0 Å². The van der Waals surface area contributed by atoms with E-state index < -0.39 is 16.0 Å². The minimum atomic E-state index is -3.71. The number of carbonyl (C=O) groups is 1. The summed E-state index contributed by atoms with van der Waals surface area (Å²) >= 11 is 5.76. The van der Waals surface area contributed by atoms with Crippen LogP contribution >= 0.6 is 11.6 Å². The lowest BCUT2D eigenvalue weighted by Crippen LogP contribution is -2.26. The molecule has 0 spiro atoms. The van der Waals surface area contributed by atoms with Crippen LogP contribution in [0.5, 0.6) is 0 Å². The van der Waals surface area contributed by atoms with Gasteiger partial charge in [0.15, 0.2) is 12.4 Å². The molecule has 1 aromatic heterocycles. The molecule has 0 bridgehead atoms. The minimum absolute atomic E-state index is 0.0375. The Hall–Kier alpha value is -1.90. The van der Waals surface area contributed by atoms with Gasteiger partial charge in [-0.2, -0.15) is 0 Å². The molecule has 1 aromatic carbocycles. The molecule has 2 aromatic rings. The van der Waals surface area contributed by atoms with Crippen LogP contribution in [-0.4, -0.2) is 26.1 Å². The van der Waals surface area contributed by atoms with Crippen molar-refractivity contribution in [1.29, 1.82) is 0 Å². The fraction of sp³-hybridized carbons (Fsp3) is 0.286. The number of carbonyl (C=O) groups excluding carboxylic acids is 1. The van der Waals surface area contributed by atoms with Crippen LogP contribution in [0.15, 0.2) is 39.8 Å². The van der Waals surface area contributed by atoms with E-state index >= 15 is 0 Å². The molecule has 0 aliphatic carbocycles. The first-order chi connectivity index (χ1) is 10.9. The average molecular weight is 359 g/mol. The second-order valence-electron chi connectivity index (χ2n) is 4.70. The fourth-order valence-corrected chi connectivity index (χ4v) is 3.05. The predicted octanol–water partition coefficient (Wildman–Crippen LogP) is 2.05. The average Bonchev–Trinajstić information content (AvgIpc) is 2.91. The number of nitrogens with zero attached hydrogens (tertiary/aromatic N) is 1. The summed E-state index contributed by atoms with van der Waals surface area (Å²) in [6.45, 7) is 1.63. The van der Waals surface area contributed by atoms with Crippen molar-refractivity contribution in [3.63, 3.8) is 0 Å². The summed E-state index contributed by atoms with van der Waals surface area (Å²) in [5, 5.41) is 3.98. The molecule has 0 fully saturated rings. The van der Waals surface area contributed by atoms with Gasteiger partial charge in [-0.25, -0.2) is 13.1 Å². The van der Waals surface area contributed by atoms with Gasteiger partial charge < -0.3 is 9.26 Å². The van der Waals surface area contributed by atoms with E-state index in [0.29, 0.717) is 16.5 Å². The van der Waals surface area contributed by atoms with Gasteiger partial charge in [-0.1, -0.05) is 22.8 Å². The van der Waals surface area contributed by atoms with Crippen LogP contribution in [0.4, 0.5) is 0 Å².